The molecule has 1 heterocycles. The summed E-state index contributed by atoms with van der Waals surface area (Å²) in [6, 6.07) is 3.55. The zero-order valence-corrected chi connectivity index (χ0v) is 15.3. The Balaban J connectivity index is 2.75. The molecule has 144 valence electrons. The van der Waals surface area contributed by atoms with E-state index in [2.05, 4.69) is 0 Å². The lowest BCUT2D eigenvalue weighted by Crippen LogP contribution is -2.26. The van der Waals surface area contributed by atoms with Crippen LogP contribution >= 0.6 is 0 Å². The number of rotatable bonds is 6. The van der Waals surface area contributed by atoms with Crippen LogP contribution in [0.5, 0.6) is 5.75 Å². The van der Waals surface area contributed by atoms with Gasteiger partial charge in [0.25, 0.3) is 0 Å². The second-order valence-corrected chi connectivity index (χ2v) is 5.77. The van der Waals surface area contributed by atoms with Gasteiger partial charge in [0.15, 0.2) is 11.6 Å². The molecule has 0 saturated heterocycles. The fourth-order valence-electron chi connectivity index (χ4n) is 2.82. The van der Waals surface area contributed by atoms with Gasteiger partial charge in [-0.05, 0) is 26.3 Å². The quantitative estimate of drug-likeness (QED) is 0.763. The van der Waals surface area contributed by atoms with Crippen molar-refractivity contribution in [3.05, 3.63) is 52.1 Å². The summed E-state index contributed by atoms with van der Waals surface area (Å²) in [6.45, 7) is 5.13. The smallest absolute Gasteiger partial charge is 0.338 e. The highest BCUT2D eigenvalue weighted by Gasteiger charge is 2.38. The molecule has 0 aliphatic carbocycles. The summed E-state index contributed by atoms with van der Waals surface area (Å²) in [6.07, 6.45) is 0.576. The SMILES string of the molecule is CCCOc1c(F)cc(F)cc1C1C(C#N)=C(N)OC(C)=C1C(=O)OCC. The maximum Gasteiger partial charge on any atom is 0.338 e. The van der Waals surface area contributed by atoms with Crippen LogP contribution in [0.1, 0.15) is 38.7 Å². The molecule has 0 saturated carbocycles. The van der Waals surface area contributed by atoms with Crippen LogP contribution in [-0.2, 0) is 14.3 Å². The Morgan fingerprint density at radius 2 is 2.07 bits per heavy atom. The molecule has 6 nitrogen and oxygen atoms in total. The van der Waals surface area contributed by atoms with Crippen molar-refractivity contribution in [1.82, 2.24) is 0 Å². The van der Waals surface area contributed by atoms with E-state index in [1.54, 1.807) is 6.92 Å². The van der Waals surface area contributed by atoms with Gasteiger partial charge in [0.1, 0.15) is 23.2 Å². The van der Waals surface area contributed by atoms with Crippen LogP contribution in [0.4, 0.5) is 8.78 Å². The summed E-state index contributed by atoms with van der Waals surface area (Å²) in [7, 11) is 0. The molecule has 1 aliphatic heterocycles. The van der Waals surface area contributed by atoms with Gasteiger partial charge in [0.2, 0.25) is 5.88 Å². The van der Waals surface area contributed by atoms with Crippen LogP contribution < -0.4 is 10.5 Å². The standard InChI is InChI=1S/C19H20F2N2O4/c1-4-6-26-17-12(7-11(20)8-14(17)21)16-13(9-22)18(23)27-10(3)15(16)19(24)25-5-2/h7-8,16H,4-6,23H2,1-3H3. The average Bonchev–Trinajstić information content (AvgIpc) is 2.60. The molecule has 0 spiro atoms. The van der Waals surface area contributed by atoms with Crippen molar-refractivity contribution in [3.63, 3.8) is 0 Å². The molecule has 2 rings (SSSR count). The Bertz CT molecular complexity index is 856. The van der Waals surface area contributed by atoms with Crippen molar-refractivity contribution in [3.8, 4) is 11.8 Å². The molecule has 0 radical (unpaired) electrons. The molecule has 0 fully saturated rings. The third-order valence-corrected chi connectivity index (χ3v) is 3.90. The third kappa shape index (κ3) is 4.03. The summed E-state index contributed by atoms with van der Waals surface area (Å²) < 4.78 is 44.2. The predicted octanol–water partition coefficient (Wildman–Crippen LogP) is 3.40. The highest BCUT2D eigenvalue weighted by atomic mass is 19.1. The predicted molar refractivity (Wildman–Crippen MR) is 92.1 cm³/mol. The van der Waals surface area contributed by atoms with Gasteiger partial charge in [-0.25, -0.2) is 13.6 Å². The lowest BCUT2D eigenvalue weighted by molar-refractivity contribution is -0.139. The Morgan fingerprint density at radius 1 is 1.37 bits per heavy atom. The van der Waals surface area contributed by atoms with Gasteiger partial charge in [0.05, 0.1) is 24.7 Å². The first-order valence-corrected chi connectivity index (χ1v) is 8.42. The number of hydrogen-bond donors (Lipinski definition) is 1. The van der Waals surface area contributed by atoms with E-state index in [4.69, 9.17) is 19.9 Å². The minimum atomic E-state index is -1.18. The summed E-state index contributed by atoms with van der Waals surface area (Å²) in [4.78, 5) is 12.5. The highest BCUT2D eigenvalue weighted by Crippen LogP contribution is 2.44. The van der Waals surface area contributed by atoms with Crippen LogP contribution in [0.2, 0.25) is 0 Å². The van der Waals surface area contributed by atoms with Gasteiger partial charge in [-0.15, -0.1) is 0 Å². The molecule has 0 aromatic heterocycles. The van der Waals surface area contributed by atoms with Gasteiger partial charge in [-0.3, -0.25) is 0 Å². The van der Waals surface area contributed by atoms with Crippen molar-refractivity contribution in [2.45, 2.75) is 33.1 Å². The van der Waals surface area contributed by atoms with E-state index in [1.165, 1.54) is 6.92 Å². The maximum absolute atomic E-state index is 14.4. The number of hydrogen-bond acceptors (Lipinski definition) is 6. The van der Waals surface area contributed by atoms with E-state index < -0.39 is 23.5 Å². The largest absolute Gasteiger partial charge is 0.490 e. The van der Waals surface area contributed by atoms with Crippen LogP contribution in [0.3, 0.4) is 0 Å². The number of halogens is 2. The molecule has 1 aromatic rings. The molecule has 2 N–H and O–H groups in total. The molecule has 8 heteroatoms. The average molecular weight is 378 g/mol. The molecular weight excluding hydrogens is 358 g/mol. The van der Waals surface area contributed by atoms with Gasteiger partial charge in [0, 0.05) is 11.6 Å². The molecule has 1 aliphatic rings. The highest BCUT2D eigenvalue weighted by molar-refractivity contribution is 5.92. The van der Waals surface area contributed by atoms with E-state index in [0.29, 0.717) is 12.5 Å². The summed E-state index contributed by atoms with van der Waals surface area (Å²) in [5, 5.41) is 9.54. The number of nitriles is 1. The van der Waals surface area contributed by atoms with Gasteiger partial charge >= 0.3 is 5.97 Å². The minimum absolute atomic E-state index is 0.0360. The number of carbonyl (C=O) groups excluding carboxylic acids is 1. The summed E-state index contributed by atoms with van der Waals surface area (Å²) in [5.41, 5.74) is 5.54. The molecule has 1 aromatic carbocycles. The third-order valence-electron chi connectivity index (χ3n) is 3.90. The monoisotopic (exact) mass is 378 g/mol. The summed E-state index contributed by atoms with van der Waals surface area (Å²) in [5.74, 6) is -4.19. The van der Waals surface area contributed by atoms with Crippen molar-refractivity contribution in [2.75, 3.05) is 13.2 Å². The van der Waals surface area contributed by atoms with Crippen LogP contribution in [-0.4, -0.2) is 19.2 Å². The minimum Gasteiger partial charge on any atom is -0.490 e. The number of nitrogens with zero attached hydrogens (tertiary/aromatic N) is 1. The van der Waals surface area contributed by atoms with Gasteiger partial charge < -0.3 is 19.9 Å². The van der Waals surface area contributed by atoms with Crippen molar-refractivity contribution < 1.29 is 27.8 Å². The number of nitrogens with two attached hydrogens (primary N) is 1. The second-order valence-electron chi connectivity index (χ2n) is 5.77. The Hall–Kier alpha value is -3.08. The van der Waals surface area contributed by atoms with Gasteiger partial charge in [-0.2, -0.15) is 5.26 Å². The molecule has 1 unspecified atom stereocenters. The molecule has 0 amide bonds. The second kappa shape index (κ2) is 8.54. The Kier molecular flexibility index (Phi) is 6.40. The molecule has 0 bridgehead atoms. The normalized spacial score (nSPS) is 16.7. The number of ether oxygens (including phenoxy) is 3. The first-order chi connectivity index (χ1) is 12.8. The van der Waals surface area contributed by atoms with Crippen LogP contribution in [0.15, 0.2) is 34.9 Å². The topological polar surface area (TPSA) is 94.6 Å². The van der Waals surface area contributed by atoms with Crippen molar-refractivity contribution in [1.29, 1.82) is 5.26 Å². The van der Waals surface area contributed by atoms with E-state index in [1.807, 2.05) is 13.0 Å². The Morgan fingerprint density at radius 3 is 2.67 bits per heavy atom. The van der Waals surface area contributed by atoms with Gasteiger partial charge in [-0.1, -0.05) is 6.92 Å². The molecule has 1 atom stereocenters. The van der Waals surface area contributed by atoms with E-state index in [-0.39, 0.29) is 47.3 Å². The Labute approximate surface area is 155 Å². The number of carbonyl (C=O) groups is 1. The zero-order chi connectivity index (χ0) is 20.1. The van der Waals surface area contributed by atoms with E-state index in [9.17, 15) is 18.8 Å². The number of allylic oxidation sites excluding steroid dienone is 2. The number of esters is 1. The van der Waals surface area contributed by atoms with Crippen molar-refractivity contribution in [2.24, 2.45) is 5.73 Å². The lowest BCUT2D eigenvalue weighted by atomic mass is 9.82. The zero-order valence-electron chi connectivity index (χ0n) is 15.3. The first kappa shape index (κ1) is 20.2. The first-order valence-electron chi connectivity index (χ1n) is 8.42. The van der Waals surface area contributed by atoms with Crippen LogP contribution in [0, 0.1) is 23.0 Å². The number of benzene rings is 1. The lowest BCUT2D eigenvalue weighted by Gasteiger charge is -2.28. The van der Waals surface area contributed by atoms with Crippen LogP contribution in [0.25, 0.3) is 0 Å². The molecular formula is C19H20F2N2O4. The fourth-order valence-corrected chi connectivity index (χ4v) is 2.82. The fraction of sp³-hybridized carbons (Fsp3) is 0.368. The summed E-state index contributed by atoms with van der Waals surface area (Å²) >= 11 is 0. The molecule has 27 heavy (non-hydrogen) atoms. The van der Waals surface area contributed by atoms with E-state index >= 15 is 0 Å². The maximum atomic E-state index is 14.4. The van der Waals surface area contributed by atoms with Crippen molar-refractivity contribution >= 4 is 5.97 Å². The van der Waals surface area contributed by atoms with E-state index in [0.717, 1.165) is 6.07 Å².